The van der Waals surface area contributed by atoms with Crippen LogP contribution in [0, 0.1) is 0 Å². The van der Waals surface area contributed by atoms with Crippen LogP contribution >= 0.6 is 0 Å². The van der Waals surface area contributed by atoms with E-state index in [1.807, 2.05) is 71.6 Å². The zero-order valence-corrected chi connectivity index (χ0v) is 32.8. The third-order valence-electron chi connectivity index (χ3n) is 10.3. The van der Waals surface area contributed by atoms with Gasteiger partial charge >= 0.3 is 5.97 Å². The first-order valence-electron chi connectivity index (χ1n) is 19.6. The fourth-order valence-corrected chi connectivity index (χ4v) is 7.08. The first-order chi connectivity index (χ1) is 25.7. The van der Waals surface area contributed by atoms with Crippen molar-refractivity contribution in [2.45, 2.75) is 109 Å². The van der Waals surface area contributed by atoms with Gasteiger partial charge in [-0.25, -0.2) is 0 Å². The first-order valence-corrected chi connectivity index (χ1v) is 19.6. The van der Waals surface area contributed by atoms with Crippen LogP contribution in [0.25, 0.3) is 0 Å². The van der Waals surface area contributed by atoms with E-state index in [2.05, 4.69) is 37.8 Å². The van der Waals surface area contributed by atoms with Crippen molar-refractivity contribution < 1.29 is 34.0 Å². The predicted molar refractivity (Wildman–Crippen MR) is 212 cm³/mol. The summed E-state index contributed by atoms with van der Waals surface area (Å²) in [7, 11) is 3.29. The average molecular weight is 733 g/mol. The summed E-state index contributed by atoms with van der Waals surface area (Å²) in [6.45, 7) is 10.7. The van der Waals surface area contributed by atoms with E-state index in [-0.39, 0.29) is 25.0 Å². The van der Waals surface area contributed by atoms with Gasteiger partial charge in [-0.2, -0.15) is 0 Å². The van der Waals surface area contributed by atoms with E-state index in [0.29, 0.717) is 19.4 Å². The van der Waals surface area contributed by atoms with E-state index in [1.165, 1.54) is 19.6 Å². The van der Waals surface area contributed by atoms with Gasteiger partial charge in [-0.15, -0.1) is 0 Å². The maximum absolute atomic E-state index is 13.4. The Labute approximate surface area is 318 Å². The number of ether oxygens (including phenoxy) is 3. The minimum Gasteiger partial charge on any atom is -0.497 e. The maximum atomic E-state index is 13.4. The van der Waals surface area contributed by atoms with Crippen molar-refractivity contribution in [3.05, 3.63) is 95.6 Å². The molecule has 1 saturated heterocycles. The highest BCUT2D eigenvalue weighted by molar-refractivity contribution is 5.77. The molecule has 3 aromatic rings. The van der Waals surface area contributed by atoms with E-state index >= 15 is 0 Å². The van der Waals surface area contributed by atoms with Gasteiger partial charge in [0.15, 0.2) is 0 Å². The zero-order valence-electron chi connectivity index (χ0n) is 32.8. The van der Waals surface area contributed by atoms with Gasteiger partial charge in [-0.1, -0.05) is 114 Å². The average Bonchev–Trinajstić information content (AvgIpc) is 3.57. The highest BCUT2D eigenvalue weighted by Crippen LogP contribution is 2.42. The molecular formula is C44H64N2O7. The summed E-state index contributed by atoms with van der Waals surface area (Å²) in [5.41, 5.74) is 1.80. The second kappa shape index (κ2) is 23.7. The Morgan fingerprint density at radius 2 is 1.15 bits per heavy atom. The van der Waals surface area contributed by atoms with Crippen LogP contribution in [0.3, 0.4) is 0 Å². The Kier molecular flexibility index (Phi) is 19.4. The normalized spacial score (nSPS) is 15.6. The molecule has 0 saturated carbocycles. The minimum atomic E-state index is -0.990. The lowest BCUT2D eigenvalue weighted by molar-refractivity contribution is -0.137. The van der Waals surface area contributed by atoms with Gasteiger partial charge in [-0.3, -0.25) is 9.59 Å². The van der Waals surface area contributed by atoms with Crippen molar-refractivity contribution in [3.8, 4) is 11.5 Å². The number of likely N-dealkylation sites (tertiary alicyclic amines) is 1. The van der Waals surface area contributed by atoms with Gasteiger partial charge in [0.25, 0.3) is 0 Å². The van der Waals surface area contributed by atoms with Crippen molar-refractivity contribution in [2.75, 3.05) is 47.0 Å². The molecule has 0 unspecified atom stereocenters. The van der Waals surface area contributed by atoms with Crippen LogP contribution in [0.4, 0.5) is 0 Å². The Hall–Kier alpha value is -3.92. The number of β-amino-alcohol motifs (C(OH)–C–C–N with tert-alkyl or cyclic N) is 1. The summed E-state index contributed by atoms with van der Waals surface area (Å²) in [5.74, 6) is 0.811. The number of aliphatic hydroxyl groups excluding tert-OH is 1. The molecule has 1 amide bonds. The molecule has 1 aliphatic heterocycles. The van der Waals surface area contributed by atoms with Crippen LogP contribution in [-0.2, 0) is 19.9 Å². The summed E-state index contributed by atoms with van der Waals surface area (Å²) in [5, 5.41) is 19.4. The molecule has 1 heterocycles. The molecule has 9 nitrogen and oxygen atoms in total. The van der Waals surface area contributed by atoms with Crippen molar-refractivity contribution in [2.24, 2.45) is 0 Å². The quantitative estimate of drug-likeness (QED) is 0.0785. The van der Waals surface area contributed by atoms with Gasteiger partial charge in [0.1, 0.15) is 17.1 Å². The number of hydrogen-bond acceptors (Lipinski definition) is 7. The number of aliphatic hydroxyl groups is 1. The third kappa shape index (κ3) is 13.5. The number of carbonyl (C=O) groups excluding carboxylic acids is 1. The molecule has 0 spiro atoms. The summed E-state index contributed by atoms with van der Waals surface area (Å²) >= 11 is 0. The Bertz CT molecular complexity index is 1390. The lowest BCUT2D eigenvalue weighted by Gasteiger charge is -2.38. The second-order valence-electron chi connectivity index (χ2n) is 13.7. The number of carboxylic acid groups (broad SMARTS) is 1. The summed E-state index contributed by atoms with van der Waals surface area (Å²) in [6.07, 6.45) is 8.34. The van der Waals surface area contributed by atoms with E-state index in [4.69, 9.17) is 19.3 Å². The molecule has 2 atom stereocenters. The summed E-state index contributed by atoms with van der Waals surface area (Å²) in [6, 6.07) is 25.6. The topological polar surface area (TPSA) is 109 Å². The van der Waals surface area contributed by atoms with Crippen molar-refractivity contribution >= 4 is 11.9 Å². The summed E-state index contributed by atoms with van der Waals surface area (Å²) < 4.78 is 17.9. The standard InChI is InChI=1S/C38H49NO7.C6H15N/c1-44-34-22-18-30(19-23-34)38(29-14-10-9-11-15-29,31-20-24-35(45-2)25-21-31)46-28-32-26-33(40)27-39(32)36(41)16-12-7-5-3-4-6-8-13-17-37(42)43;1-4-7(5-2)6-3/h9-11,14-15,18-25,32-33,40H,3-8,12-13,16-17,26-28H2,1-2H3,(H,42,43);4-6H2,1-3H3/t32-,33+;/m0./s1. The molecule has 53 heavy (non-hydrogen) atoms. The van der Waals surface area contributed by atoms with Crippen molar-refractivity contribution in [1.29, 1.82) is 0 Å². The maximum Gasteiger partial charge on any atom is 0.303 e. The number of carbonyl (C=O) groups is 2. The number of benzene rings is 3. The number of methoxy groups -OCH3 is 2. The van der Waals surface area contributed by atoms with E-state index in [1.54, 1.807) is 14.2 Å². The Morgan fingerprint density at radius 3 is 1.58 bits per heavy atom. The fraction of sp³-hybridized carbons (Fsp3) is 0.545. The molecule has 0 radical (unpaired) electrons. The van der Waals surface area contributed by atoms with Gasteiger partial charge in [-0.05, 0) is 79.9 Å². The van der Waals surface area contributed by atoms with Crippen LogP contribution in [-0.4, -0.2) is 91.0 Å². The highest BCUT2D eigenvalue weighted by atomic mass is 16.5. The molecule has 292 valence electrons. The molecule has 9 heteroatoms. The number of rotatable bonds is 22. The van der Waals surface area contributed by atoms with Crippen molar-refractivity contribution in [3.63, 3.8) is 0 Å². The molecule has 2 N–H and O–H groups in total. The molecule has 3 aromatic carbocycles. The van der Waals surface area contributed by atoms with Gasteiger partial charge in [0, 0.05) is 19.4 Å². The SMILES string of the molecule is CCN(CC)CC.COc1ccc(C(OC[C@@H]2C[C@@H](O)CN2C(=O)CCCCCCCCCCC(=O)O)(c2ccccc2)c2ccc(OC)cc2)cc1. The number of unbranched alkanes of at least 4 members (excludes halogenated alkanes) is 7. The Balaban J connectivity index is 0.000000980. The number of nitrogens with zero attached hydrogens (tertiary/aromatic N) is 2. The van der Waals surface area contributed by atoms with Gasteiger partial charge in [0.05, 0.1) is 33.0 Å². The molecular weight excluding hydrogens is 668 g/mol. The smallest absolute Gasteiger partial charge is 0.303 e. The van der Waals surface area contributed by atoms with Crippen molar-refractivity contribution in [1.82, 2.24) is 9.80 Å². The van der Waals surface area contributed by atoms with Crippen LogP contribution in [0.15, 0.2) is 78.9 Å². The lowest BCUT2D eigenvalue weighted by Crippen LogP contribution is -2.42. The number of hydrogen-bond donors (Lipinski definition) is 2. The lowest BCUT2D eigenvalue weighted by atomic mass is 9.80. The van der Waals surface area contributed by atoms with E-state index in [0.717, 1.165) is 79.6 Å². The molecule has 0 aromatic heterocycles. The van der Waals surface area contributed by atoms with E-state index in [9.17, 15) is 14.7 Å². The van der Waals surface area contributed by atoms with E-state index < -0.39 is 17.7 Å². The number of amides is 1. The van der Waals surface area contributed by atoms with Crippen LogP contribution in [0.1, 0.15) is 108 Å². The second-order valence-corrected chi connectivity index (χ2v) is 13.7. The molecule has 0 aliphatic carbocycles. The van der Waals surface area contributed by atoms with Crippen LogP contribution < -0.4 is 9.47 Å². The largest absolute Gasteiger partial charge is 0.497 e. The first kappa shape index (κ1) is 43.5. The van der Waals surface area contributed by atoms with Crippen LogP contribution in [0.5, 0.6) is 11.5 Å². The molecule has 1 aliphatic rings. The van der Waals surface area contributed by atoms with Gasteiger partial charge in [0.2, 0.25) is 5.91 Å². The number of carboxylic acids is 1. The van der Waals surface area contributed by atoms with Crippen LogP contribution in [0.2, 0.25) is 0 Å². The third-order valence-corrected chi connectivity index (χ3v) is 10.3. The molecule has 4 rings (SSSR count). The van der Waals surface area contributed by atoms with Gasteiger partial charge < -0.3 is 34.2 Å². The highest BCUT2D eigenvalue weighted by Gasteiger charge is 2.41. The monoisotopic (exact) mass is 732 g/mol. The predicted octanol–water partition coefficient (Wildman–Crippen LogP) is 8.31. The Morgan fingerprint density at radius 1 is 0.698 bits per heavy atom. The molecule has 1 fully saturated rings. The number of aliphatic carboxylic acids is 1. The fourth-order valence-electron chi connectivity index (χ4n) is 7.08. The molecule has 0 bridgehead atoms. The zero-order chi connectivity index (χ0) is 38.5. The minimum absolute atomic E-state index is 0.0537. The summed E-state index contributed by atoms with van der Waals surface area (Å²) in [4.78, 5) is 28.2.